The van der Waals surface area contributed by atoms with E-state index in [4.69, 9.17) is 0 Å². The molecule has 0 spiro atoms. The number of piperazine rings is 1. The van der Waals surface area contributed by atoms with Crippen LogP contribution in [-0.2, 0) is 10.0 Å². The van der Waals surface area contributed by atoms with Crippen LogP contribution in [-0.4, -0.2) is 54.6 Å². The molecule has 1 saturated carbocycles. The molecule has 2 heterocycles. The fraction of sp³-hybridized carbons (Fsp3) is 1.00. The molecule has 3 rings (SSSR count). The number of sulfonamides is 1. The van der Waals surface area contributed by atoms with Crippen LogP contribution in [0.25, 0.3) is 0 Å². The van der Waals surface area contributed by atoms with Gasteiger partial charge in [-0.3, -0.25) is 4.90 Å². The molecule has 0 aromatic heterocycles. The van der Waals surface area contributed by atoms with Gasteiger partial charge in [0.1, 0.15) is 0 Å². The molecular weight excluding hydrogens is 260 g/mol. The third kappa shape index (κ3) is 2.57. The van der Waals surface area contributed by atoms with Crippen LogP contribution in [0.5, 0.6) is 0 Å². The molecule has 0 radical (unpaired) electrons. The lowest BCUT2D eigenvalue weighted by atomic mass is 10.0. The number of hydrogen-bond donors (Lipinski definition) is 0. The maximum absolute atomic E-state index is 12.8. The van der Waals surface area contributed by atoms with Crippen LogP contribution in [0, 0.1) is 0 Å². The summed E-state index contributed by atoms with van der Waals surface area (Å²) in [4.78, 5) is 2.48. The van der Waals surface area contributed by atoms with Crippen molar-refractivity contribution >= 4 is 10.0 Å². The number of rotatable bonds is 2. The van der Waals surface area contributed by atoms with Crippen molar-refractivity contribution in [1.82, 2.24) is 9.21 Å². The van der Waals surface area contributed by atoms with Crippen LogP contribution >= 0.6 is 0 Å². The average Bonchev–Trinajstić information content (AvgIpc) is 2.85. The lowest BCUT2D eigenvalue weighted by Gasteiger charge is -2.43. The highest BCUT2D eigenvalue weighted by Gasteiger charge is 2.42. The normalized spacial score (nSPS) is 35.4. The Kier molecular flexibility index (Phi) is 3.89. The van der Waals surface area contributed by atoms with Crippen molar-refractivity contribution in [2.24, 2.45) is 0 Å². The van der Waals surface area contributed by atoms with Gasteiger partial charge in [0.2, 0.25) is 10.0 Å². The van der Waals surface area contributed by atoms with Gasteiger partial charge < -0.3 is 0 Å². The molecule has 2 saturated heterocycles. The van der Waals surface area contributed by atoms with E-state index in [2.05, 4.69) is 11.8 Å². The van der Waals surface area contributed by atoms with Gasteiger partial charge in [-0.15, -0.1) is 0 Å². The largest absolute Gasteiger partial charge is 0.297 e. The summed E-state index contributed by atoms with van der Waals surface area (Å²) in [6.45, 7) is 4.90. The van der Waals surface area contributed by atoms with Gasteiger partial charge in [0.15, 0.2) is 0 Å². The summed E-state index contributed by atoms with van der Waals surface area (Å²) in [6, 6.07) is 0.635. The predicted octanol–water partition coefficient (Wildman–Crippen LogP) is 1.82. The average molecular weight is 286 g/mol. The van der Waals surface area contributed by atoms with Crippen molar-refractivity contribution in [2.75, 3.05) is 19.6 Å². The Hall–Kier alpha value is -0.130. The molecule has 0 unspecified atom stereocenters. The second-order valence-corrected chi connectivity index (χ2v) is 8.68. The summed E-state index contributed by atoms with van der Waals surface area (Å²) >= 11 is 0. The van der Waals surface area contributed by atoms with Gasteiger partial charge in [0.25, 0.3) is 0 Å². The van der Waals surface area contributed by atoms with E-state index in [0.29, 0.717) is 6.04 Å². The Morgan fingerprint density at radius 2 is 1.68 bits per heavy atom. The van der Waals surface area contributed by atoms with Crippen LogP contribution in [0.1, 0.15) is 51.9 Å². The van der Waals surface area contributed by atoms with E-state index >= 15 is 0 Å². The lowest BCUT2D eigenvalue weighted by molar-refractivity contribution is 0.115. The van der Waals surface area contributed by atoms with E-state index in [1.165, 1.54) is 19.3 Å². The van der Waals surface area contributed by atoms with E-state index in [1.54, 1.807) is 0 Å². The van der Waals surface area contributed by atoms with E-state index in [1.807, 2.05) is 4.31 Å². The Morgan fingerprint density at radius 3 is 2.42 bits per heavy atom. The van der Waals surface area contributed by atoms with E-state index in [0.717, 1.165) is 45.3 Å². The minimum Gasteiger partial charge on any atom is -0.297 e. The Bertz CT molecular complexity index is 417. The highest BCUT2D eigenvalue weighted by Crippen LogP contribution is 2.31. The first-order valence-electron chi connectivity index (χ1n) is 7.84. The highest BCUT2D eigenvalue weighted by molar-refractivity contribution is 7.89. The lowest BCUT2D eigenvalue weighted by Crippen LogP contribution is -2.58. The Morgan fingerprint density at radius 1 is 0.947 bits per heavy atom. The summed E-state index contributed by atoms with van der Waals surface area (Å²) in [5, 5.41) is -0.100. The van der Waals surface area contributed by atoms with Gasteiger partial charge >= 0.3 is 0 Å². The monoisotopic (exact) mass is 286 g/mol. The topological polar surface area (TPSA) is 40.6 Å². The zero-order chi connectivity index (χ0) is 13.5. The van der Waals surface area contributed by atoms with Crippen LogP contribution in [0.15, 0.2) is 0 Å². The molecule has 2 atom stereocenters. The van der Waals surface area contributed by atoms with Crippen molar-refractivity contribution in [2.45, 2.75) is 69.2 Å². The predicted molar refractivity (Wildman–Crippen MR) is 76.6 cm³/mol. The van der Waals surface area contributed by atoms with Gasteiger partial charge in [-0.05, 0) is 39.2 Å². The molecule has 0 bridgehead atoms. The van der Waals surface area contributed by atoms with Gasteiger partial charge in [0.05, 0.1) is 5.25 Å². The van der Waals surface area contributed by atoms with Crippen molar-refractivity contribution in [3.05, 3.63) is 0 Å². The van der Waals surface area contributed by atoms with Crippen molar-refractivity contribution in [3.8, 4) is 0 Å². The zero-order valence-corrected chi connectivity index (χ0v) is 12.7. The molecule has 0 N–H and O–H groups in total. The zero-order valence-electron chi connectivity index (χ0n) is 11.9. The molecule has 0 aromatic rings. The molecule has 19 heavy (non-hydrogen) atoms. The summed E-state index contributed by atoms with van der Waals surface area (Å²) in [5.74, 6) is 0. The van der Waals surface area contributed by atoms with Gasteiger partial charge in [0, 0.05) is 25.2 Å². The summed E-state index contributed by atoms with van der Waals surface area (Å²) < 4.78 is 27.5. The summed E-state index contributed by atoms with van der Waals surface area (Å²) in [7, 11) is -3.07. The van der Waals surface area contributed by atoms with Gasteiger partial charge in [-0.1, -0.05) is 19.3 Å². The maximum atomic E-state index is 12.8. The minimum atomic E-state index is -3.07. The molecular formula is C14H26N2O2S. The maximum Gasteiger partial charge on any atom is 0.217 e. The van der Waals surface area contributed by atoms with Gasteiger partial charge in [-0.2, -0.15) is 4.31 Å². The fourth-order valence-electron chi connectivity index (χ4n) is 4.07. The van der Waals surface area contributed by atoms with Crippen LogP contribution in [0.4, 0.5) is 0 Å². The summed E-state index contributed by atoms with van der Waals surface area (Å²) in [6.07, 6.45) is 7.53. The molecule has 0 aromatic carbocycles. The molecule has 110 valence electrons. The second-order valence-electron chi connectivity index (χ2n) is 6.51. The SMILES string of the molecule is C[C@H]1CN2CCC[C@@H]2CN1S(=O)(=O)C1CCCCC1. The smallest absolute Gasteiger partial charge is 0.217 e. The number of fused-ring (bicyclic) bond motifs is 1. The van der Waals surface area contributed by atoms with Crippen LogP contribution in [0.2, 0.25) is 0 Å². The quantitative estimate of drug-likeness (QED) is 0.777. The van der Waals surface area contributed by atoms with Crippen molar-refractivity contribution in [1.29, 1.82) is 0 Å². The molecule has 0 amide bonds. The van der Waals surface area contributed by atoms with Crippen molar-refractivity contribution in [3.63, 3.8) is 0 Å². The van der Waals surface area contributed by atoms with Crippen LogP contribution < -0.4 is 0 Å². The Balaban J connectivity index is 1.76. The molecule has 2 aliphatic heterocycles. The standard InChI is InChI=1S/C14H26N2O2S/c1-12-10-15-9-5-6-13(15)11-16(12)19(17,18)14-7-3-2-4-8-14/h12-14H,2-11H2,1H3/t12-,13+/m0/s1. The first-order valence-corrected chi connectivity index (χ1v) is 9.34. The van der Waals surface area contributed by atoms with Gasteiger partial charge in [-0.25, -0.2) is 8.42 Å². The molecule has 5 heteroatoms. The van der Waals surface area contributed by atoms with Crippen molar-refractivity contribution < 1.29 is 8.42 Å². The highest BCUT2D eigenvalue weighted by atomic mass is 32.2. The number of nitrogens with zero attached hydrogens (tertiary/aromatic N) is 2. The first-order chi connectivity index (χ1) is 9.09. The summed E-state index contributed by atoms with van der Waals surface area (Å²) in [5.41, 5.74) is 0. The van der Waals surface area contributed by atoms with E-state index in [-0.39, 0.29) is 11.3 Å². The Labute approximate surface area is 117 Å². The van der Waals surface area contributed by atoms with Crippen LogP contribution in [0.3, 0.4) is 0 Å². The first kappa shape index (κ1) is 13.8. The second kappa shape index (κ2) is 5.34. The molecule has 3 fully saturated rings. The third-order valence-electron chi connectivity index (χ3n) is 5.18. The molecule has 3 aliphatic rings. The molecule has 4 nitrogen and oxygen atoms in total. The fourth-order valence-corrected chi connectivity index (χ4v) is 6.33. The molecule has 1 aliphatic carbocycles. The van der Waals surface area contributed by atoms with E-state index < -0.39 is 10.0 Å². The minimum absolute atomic E-state index is 0.100. The third-order valence-corrected chi connectivity index (χ3v) is 7.66. The number of hydrogen-bond acceptors (Lipinski definition) is 3. The van der Waals surface area contributed by atoms with E-state index in [9.17, 15) is 8.42 Å².